The molecule has 0 N–H and O–H groups in total. The Morgan fingerprint density at radius 3 is 2.52 bits per heavy atom. The molecule has 9 heteroatoms. The summed E-state index contributed by atoms with van der Waals surface area (Å²) in [5.41, 5.74) is -1.65. The predicted molar refractivity (Wildman–Crippen MR) is 90.9 cm³/mol. The van der Waals surface area contributed by atoms with Crippen LogP contribution in [0.5, 0.6) is 0 Å². The zero-order valence-corrected chi connectivity index (χ0v) is 14.0. The monoisotopic (exact) mass is 378 g/mol. The zero-order chi connectivity index (χ0) is 19.8. The van der Waals surface area contributed by atoms with Crippen LogP contribution < -0.4 is 0 Å². The van der Waals surface area contributed by atoms with E-state index >= 15 is 0 Å². The van der Waals surface area contributed by atoms with Crippen molar-refractivity contribution in [1.29, 1.82) is 0 Å². The van der Waals surface area contributed by atoms with E-state index in [1.54, 1.807) is 31.2 Å². The van der Waals surface area contributed by atoms with Crippen molar-refractivity contribution in [3.8, 4) is 5.69 Å². The molecule has 0 aliphatic rings. The molecule has 0 atom stereocenters. The number of halogens is 3. The summed E-state index contributed by atoms with van der Waals surface area (Å²) < 4.78 is 45.1. The van der Waals surface area contributed by atoms with Crippen LogP contribution in [-0.4, -0.2) is 22.1 Å². The first-order chi connectivity index (χ1) is 12.7. The van der Waals surface area contributed by atoms with Crippen LogP contribution in [0.4, 0.5) is 18.9 Å². The number of alkyl halides is 3. The highest BCUT2D eigenvalue weighted by Gasteiger charge is 2.34. The topological polar surface area (TPSA) is 74.4 Å². The molecule has 0 radical (unpaired) electrons. The van der Waals surface area contributed by atoms with Gasteiger partial charge >= 0.3 is 12.1 Å². The molecule has 1 heterocycles. The van der Waals surface area contributed by atoms with Gasteiger partial charge in [-0.2, -0.15) is 13.2 Å². The third-order valence-corrected chi connectivity index (χ3v) is 3.94. The average molecular weight is 378 g/mol. The van der Waals surface area contributed by atoms with Gasteiger partial charge in [-0.1, -0.05) is 18.2 Å². The molecular formula is C18H13F3N2O4. The van der Waals surface area contributed by atoms with Gasteiger partial charge in [-0.15, -0.1) is 0 Å². The van der Waals surface area contributed by atoms with Crippen LogP contribution in [-0.2, 0) is 10.9 Å². The van der Waals surface area contributed by atoms with E-state index in [1.165, 1.54) is 10.6 Å². The Morgan fingerprint density at radius 1 is 1.19 bits per heavy atom. The smallest absolute Gasteiger partial charge is 0.416 e. The van der Waals surface area contributed by atoms with Gasteiger partial charge in [0, 0.05) is 11.5 Å². The predicted octanol–water partition coefficient (Wildman–Crippen LogP) is 4.73. The van der Waals surface area contributed by atoms with Gasteiger partial charge < -0.3 is 4.74 Å². The van der Waals surface area contributed by atoms with Crippen molar-refractivity contribution < 1.29 is 27.6 Å². The Morgan fingerprint density at radius 2 is 1.89 bits per heavy atom. The molecule has 2 aromatic carbocycles. The maximum atomic E-state index is 13.0. The minimum atomic E-state index is -4.73. The van der Waals surface area contributed by atoms with E-state index in [9.17, 15) is 28.1 Å². The maximum Gasteiger partial charge on any atom is 0.416 e. The molecule has 0 saturated carbocycles. The lowest BCUT2D eigenvalue weighted by Crippen LogP contribution is -2.13. The molecule has 0 amide bonds. The van der Waals surface area contributed by atoms with E-state index in [-0.39, 0.29) is 18.0 Å². The number of para-hydroxylation sites is 1. The van der Waals surface area contributed by atoms with E-state index in [4.69, 9.17) is 4.74 Å². The number of ether oxygens (including phenoxy) is 1. The molecule has 0 saturated heterocycles. The number of nitro groups is 1. The summed E-state index contributed by atoms with van der Waals surface area (Å²) in [6.07, 6.45) is -4.73. The normalized spacial score (nSPS) is 11.6. The molecule has 0 aliphatic carbocycles. The number of carbonyl (C=O) groups excluding carboxylic acids is 1. The van der Waals surface area contributed by atoms with E-state index < -0.39 is 28.3 Å². The molecule has 6 nitrogen and oxygen atoms in total. The minimum absolute atomic E-state index is 0.0130. The Balaban J connectivity index is 2.33. The van der Waals surface area contributed by atoms with Crippen molar-refractivity contribution in [3.63, 3.8) is 0 Å². The highest BCUT2D eigenvalue weighted by molar-refractivity contribution is 5.97. The van der Waals surface area contributed by atoms with Crippen LogP contribution in [0.3, 0.4) is 0 Å². The van der Waals surface area contributed by atoms with Crippen LogP contribution in [0, 0.1) is 10.1 Å². The second-order valence-electron chi connectivity index (χ2n) is 5.60. The second-order valence-corrected chi connectivity index (χ2v) is 5.60. The summed E-state index contributed by atoms with van der Waals surface area (Å²) in [4.78, 5) is 22.9. The Kier molecular flexibility index (Phi) is 4.61. The van der Waals surface area contributed by atoms with E-state index in [0.717, 1.165) is 12.1 Å². The molecule has 0 bridgehead atoms. The summed E-state index contributed by atoms with van der Waals surface area (Å²) in [6, 6.07) is 10.3. The molecule has 0 aliphatic heterocycles. The van der Waals surface area contributed by atoms with Gasteiger partial charge in [0.15, 0.2) is 0 Å². The van der Waals surface area contributed by atoms with Crippen LogP contribution in [0.25, 0.3) is 16.6 Å². The highest BCUT2D eigenvalue weighted by atomic mass is 19.4. The lowest BCUT2D eigenvalue weighted by atomic mass is 10.1. The Labute approximate surface area is 150 Å². The van der Waals surface area contributed by atoms with Crippen molar-refractivity contribution in [1.82, 2.24) is 4.57 Å². The van der Waals surface area contributed by atoms with Gasteiger partial charge in [0.25, 0.3) is 5.69 Å². The number of hydrogen-bond acceptors (Lipinski definition) is 4. The van der Waals surface area contributed by atoms with Crippen LogP contribution >= 0.6 is 0 Å². The third kappa shape index (κ3) is 3.35. The number of aromatic nitrogens is 1. The quantitative estimate of drug-likeness (QED) is 0.374. The molecule has 0 spiro atoms. The standard InChI is InChI=1S/C18H13F3N2O4/c1-2-27-17(24)16-9-11-5-3-4-6-13(11)22(16)14-8-7-12(18(19,20)21)10-15(14)23(25)26/h3-10H,2H2,1H3. The van der Waals surface area contributed by atoms with Gasteiger partial charge in [0.1, 0.15) is 11.4 Å². The van der Waals surface area contributed by atoms with Gasteiger partial charge in [-0.05, 0) is 31.2 Å². The lowest BCUT2D eigenvalue weighted by Gasteiger charge is -2.13. The number of rotatable bonds is 4. The van der Waals surface area contributed by atoms with E-state index in [1.807, 2.05) is 0 Å². The number of esters is 1. The Bertz CT molecular complexity index is 1040. The van der Waals surface area contributed by atoms with Crippen LogP contribution in [0.2, 0.25) is 0 Å². The van der Waals surface area contributed by atoms with Crippen molar-refractivity contribution >= 4 is 22.6 Å². The molecule has 27 heavy (non-hydrogen) atoms. The first-order valence-electron chi connectivity index (χ1n) is 7.87. The largest absolute Gasteiger partial charge is 0.461 e. The van der Waals surface area contributed by atoms with Crippen molar-refractivity contribution in [3.05, 3.63) is 69.9 Å². The van der Waals surface area contributed by atoms with Gasteiger partial charge in [0.05, 0.1) is 22.6 Å². The van der Waals surface area contributed by atoms with Gasteiger partial charge in [0.2, 0.25) is 0 Å². The molecule has 3 aromatic rings. The number of nitro benzene ring substituents is 1. The molecular weight excluding hydrogens is 365 g/mol. The zero-order valence-electron chi connectivity index (χ0n) is 14.0. The number of carbonyl (C=O) groups is 1. The van der Waals surface area contributed by atoms with Crippen molar-refractivity contribution in [2.45, 2.75) is 13.1 Å². The average Bonchev–Trinajstić information content (AvgIpc) is 3.00. The summed E-state index contributed by atoms with van der Waals surface area (Å²) in [5.74, 6) is -0.733. The van der Waals surface area contributed by atoms with Gasteiger partial charge in [-0.3, -0.25) is 14.7 Å². The first kappa shape index (κ1) is 18.4. The van der Waals surface area contributed by atoms with E-state index in [0.29, 0.717) is 17.0 Å². The molecule has 140 valence electrons. The summed E-state index contributed by atoms with van der Waals surface area (Å²) >= 11 is 0. The number of hydrogen-bond donors (Lipinski definition) is 0. The number of fused-ring (bicyclic) bond motifs is 1. The van der Waals surface area contributed by atoms with Crippen LogP contribution in [0.15, 0.2) is 48.5 Å². The van der Waals surface area contributed by atoms with Crippen LogP contribution in [0.1, 0.15) is 23.0 Å². The maximum absolute atomic E-state index is 13.0. The fourth-order valence-corrected chi connectivity index (χ4v) is 2.80. The number of benzene rings is 2. The minimum Gasteiger partial charge on any atom is -0.461 e. The Hall–Kier alpha value is -3.36. The summed E-state index contributed by atoms with van der Waals surface area (Å²) in [6.45, 7) is 1.68. The molecule has 0 fully saturated rings. The fourth-order valence-electron chi connectivity index (χ4n) is 2.80. The SMILES string of the molecule is CCOC(=O)c1cc2ccccc2n1-c1ccc(C(F)(F)F)cc1[N+](=O)[O-]. The highest BCUT2D eigenvalue weighted by Crippen LogP contribution is 2.36. The molecule has 1 aromatic heterocycles. The number of nitrogens with zero attached hydrogens (tertiary/aromatic N) is 2. The summed E-state index contributed by atoms with van der Waals surface area (Å²) in [5, 5.41) is 12.0. The first-order valence-corrected chi connectivity index (χ1v) is 7.87. The van der Waals surface area contributed by atoms with Gasteiger partial charge in [-0.25, -0.2) is 4.79 Å². The van der Waals surface area contributed by atoms with E-state index in [2.05, 4.69) is 0 Å². The van der Waals surface area contributed by atoms with Crippen molar-refractivity contribution in [2.24, 2.45) is 0 Å². The molecule has 3 rings (SSSR count). The second kappa shape index (κ2) is 6.75. The van der Waals surface area contributed by atoms with Crippen molar-refractivity contribution in [2.75, 3.05) is 6.61 Å². The third-order valence-electron chi connectivity index (χ3n) is 3.94. The lowest BCUT2D eigenvalue weighted by molar-refractivity contribution is -0.384. The summed E-state index contributed by atoms with van der Waals surface area (Å²) in [7, 11) is 0. The fraction of sp³-hybridized carbons (Fsp3) is 0.167. The molecule has 0 unspecified atom stereocenters.